The van der Waals surface area contributed by atoms with Gasteiger partial charge in [0.25, 0.3) is 0 Å². The van der Waals surface area contributed by atoms with E-state index in [-0.39, 0.29) is 11.8 Å². The highest BCUT2D eigenvalue weighted by molar-refractivity contribution is 9.10. The topological polar surface area (TPSA) is 38.3 Å². The second-order valence-corrected chi connectivity index (χ2v) is 4.85. The average molecular weight is 300 g/mol. The molecule has 3 nitrogen and oxygen atoms in total. The highest BCUT2D eigenvalue weighted by Crippen LogP contribution is 2.25. The summed E-state index contributed by atoms with van der Waals surface area (Å²) in [4.78, 5) is 11.6. The van der Waals surface area contributed by atoms with Gasteiger partial charge in [0.2, 0.25) is 5.91 Å². The SMILES string of the molecule is CCC(C)C(=O)NCc1ccc(OC)c(Br)c1. The number of carbonyl (C=O) groups is 1. The van der Waals surface area contributed by atoms with Gasteiger partial charge in [-0.2, -0.15) is 0 Å². The van der Waals surface area contributed by atoms with Crippen LogP contribution < -0.4 is 10.1 Å². The van der Waals surface area contributed by atoms with Crippen LogP contribution in [0.1, 0.15) is 25.8 Å². The van der Waals surface area contributed by atoms with Crippen LogP contribution in [0.3, 0.4) is 0 Å². The standard InChI is InChI=1S/C13H18BrNO2/c1-4-9(2)13(16)15-8-10-5-6-12(17-3)11(14)7-10/h5-7,9H,4,8H2,1-3H3,(H,15,16). The minimum Gasteiger partial charge on any atom is -0.496 e. The van der Waals surface area contributed by atoms with Crippen LogP contribution in [0.2, 0.25) is 0 Å². The Morgan fingerprint density at radius 1 is 1.53 bits per heavy atom. The van der Waals surface area contributed by atoms with Crippen LogP contribution in [-0.2, 0) is 11.3 Å². The van der Waals surface area contributed by atoms with Crippen molar-refractivity contribution in [3.63, 3.8) is 0 Å². The summed E-state index contributed by atoms with van der Waals surface area (Å²) >= 11 is 3.42. The Labute approximate surface area is 111 Å². The zero-order valence-electron chi connectivity index (χ0n) is 10.4. The lowest BCUT2D eigenvalue weighted by Crippen LogP contribution is -2.28. The van der Waals surface area contributed by atoms with Crippen LogP contribution in [0.5, 0.6) is 5.75 Å². The molecule has 0 aliphatic carbocycles. The molecule has 0 aliphatic rings. The van der Waals surface area contributed by atoms with Crippen LogP contribution >= 0.6 is 15.9 Å². The van der Waals surface area contributed by atoms with E-state index in [1.54, 1.807) is 7.11 Å². The van der Waals surface area contributed by atoms with Gasteiger partial charge in [0.05, 0.1) is 11.6 Å². The van der Waals surface area contributed by atoms with Crippen molar-refractivity contribution in [1.29, 1.82) is 0 Å². The molecule has 0 saturated heterocycles. The molecule has 0 aliphatic heterocycles. The van der Waals surface area contributed by atoms with Gasteiger partial charge >= 0.3 is 0 Å². The van der Waals surface area contributed by atoms with Crippen molar-refractivity contribution < 1.29 is 9.53 Å². The van der Waals surface area contributed by atoms with Crippen LogP contribution in [-0.4, -0.2) is 13.0 Å². The fourth-order valence-electron chi connectivity index (χ4n) is 1.37. The number of halogens is 1. The molecule has 0 aromatic heterocycles. The Morgan fingerprint density at radius 2 is 2.24 bits per heavy atom. The zero-order chi connectivity index (χ0) is 12.8. The Balaban J connectivity index is 2.58. The van der Waals surface area contributed by atoms with Gasteiger partial charge in [-0.1, -0.05) is 19.9 Å². The molecule has 0 saturated carbocycles. The highest BCUT2D eigenvalue weighted by atomic mass is 79.9. The van der Waals surface area contributed by atoms with Gasteiger partial charge < -0.3 is 10.1 Å². The summed E-state index contributed by atoms with van der Waals surface area (Å²) in [7, 11) is 1.63. The normalized spacial score (nSPS) is 12.0. The molecule has 1 unspecified atom stereocenters. The van der Waals surface area contributed by atoms with Gasteiger partial charge in [-0.3, -0.25) is 4.79 Å². The van der Waals surface area contributed by atoms with Crippen LogP contribution in [0, 0.1) is 5.92 Å². The largest absolute Gasteiger partial charge is 0.496 e. The van der Waals surface area contributed by atoms with Crippen molar-refractivity contribution in [3.8, 4) is 5.75 Å². The summed E-state index contributed by atoms with van der Waals surface area (Å²) < 4.78 is 6.05. The molecule has 4 heteroatoms. The number of hydrogen-bond donors (Lipinski definition) is 1. The third-order valence-electron chi connectivity index (χ3n) is 2.74. The minimum absolute atomic E-state index is 0.0664. The summed E-state index contributed by atoms with van der Waals surface area (Å²) in [5.41, 5.74) is 1.05. The van der Waals surface area contributed by atoms with Gasteiger partial charge in [0.1, 0.15) is 5.75 Å². The van der Waals surface area contributed by atoms with E-state index >= 15 is 0 Å². The number of ether oxygens (including phenoxy) is 1. The first-order valence-corrected chi connectivity index (χ1v) is 6.47. The molecule has 0 spiro atoms. The summed E-state index contributed by atoms with van der Waals surface area (Å²) in [6.45, 7) is 4.49. The first kappa shape index (κ1) is 14.0. The fraction of sp³-hybridized carbons (Fsp3) is 0.462. The third-order valence-corrected chi connectivity index (χ3v) is 3.36. The molecular weight excluding hydrogens is 282 g/mol. The molecule has 1 amide bonds. The monoisotopic (exact) mass is 299 g/mol. The quantitative estimate of drug-likeness (QED) is 0.907. The fourth-order valence-corrected chi connectivity index (χ4v) is 1.96. The summed E-state index contributed by atoms with van der Waals surface area (Å²) in [6.07, 6.45) is 0.859. The second kappa shape index (κ2) is 6.64. The molecular formula is C13H18BrNO2. The second-order valence-electron chi connectivity index (χ2n) is 4.00. The van der Waals surface area contributed by atoms with Gasteiger partial charge in [-0.15, -0.1) is 0 Å². The summed E-state index contributed by atoms with van der Waals surface area (Å²) in [5.74, 6) is 0.957. The number of nitrogens with one attached hydrogen (secondary N) is 1. The first-order chi connectivity index (χ1) is 8.08. The Kier molecular flexibility index (Phi) is 5.48. The minimum atomic E-state index is 0.0664. The number of rotatable bonds is 5. The number of hydrogen-bond acceptors (Lipinski definition) is 2. The lowest BCUT2D eigenvalue weighted by atomic mass is 10.1. The Bertz CT molecular complexity index is 393. The number of carbonyl (C=O) groups excluding carboxylic acids is 1. The van der Waals surface area contributed by atoms with Gasteiger partial charge in [0, 0.05) is 12.5 Å². The van der Waals surface area contributed by atoms with E-state index in [1.807, 2.05) is 32.0 Å². The lowest BCUT2D eigenvalue weighted by molar-refractivity contribution is -0.124. The number of benzene rings is 1. The molecule has 0 fully saturated rings. The van der Waals surface area contributed by atoms with E-state index in [1.165, 1.54) is 0 Å². The third kappa shape index (κ3) is 4.04. The average Bonchev–Trinajstić information content (AvgIpc) is 2.35. The first-order valence-electron chi connectivity index (χ1n) is 5.68. The van der Waals surface area contributed by atoms with Crippen LogP contribution in [0.4, 0.5) is 0 Å². The predicted molar refractivity (Wildman–Crippen MR) is 72.0 cm³/mol. The Hall–Kier alpha value is -1.03. The van der Waals surface area contributed by atoms with E-state index < -0.39 is 0 Å². The van der Waals surface area contributed by atoms with Gasteiger partial charge in [-0.05, 0) is 40.0 Å². The number of methoxy groups -OCH3 is 1. The molecule has 1 N–H and O–H groups in total. The molecule has 1 rings (SSSR count). The molecule has 0 bridgehead atoms. The molecule has 17 heavy (non-hydrogen) atoms. The van der Waals surface area contributed by atoms with Crippen molar-refractivity contribution in [2.45, 2.75) is 26.8 Å². The maximum absolute atomic E-state index is 11.6. The van der Waals surface area contributed by atoms with Gasteiger partial charge in [0.15, 0.2) is 0 Å². The van der Waals surface area contributed by atoms with Crippen molar-refractivity contribution in [2.75, 3.05) is 7.11 Å². The zero-order valence-corrected chi connectivity index (χ0v) is 12.0. The van der Waals surface area contributed by atoms with Gasteiger partial charge in [-0.25, -0.2) is 0 Å². The van der Waals surface area contributed by atoms with E-state index in [0.29, 0.717) is 6.54 Å². The molecule has 94 valence electrons. The summed E-state index contributed by atoms with van der Waals surface area (Å²) in [6, 6.07) is 5.78. The van der Waals surface area contributed by atoms with E-state index in [0.717, 1.165) is 22.2 Å². The summed E-state index contributed by atoms with van der Waals surface area (Å²) in [5, 5.41) is 2.91. The lowest BCUT2D eigenvalue weighted by Gasteiger charge is -2.11. The molecule has 1 aromatic rings. The van der Waals surface area contributed by atoms with Crippen LogP contribution in [0.15, 0.2) is 22.7 Å². The molecule has 1 aromatic carbocycles. The molecule has 1 atom stereocenters. The number of amides is 1. The molecule has 0 heterocycles. The highest BCUT2D eigenvalue weighted by Gasteiger charge is 2.09. The molecule has 0 radical (unpaired) electrons. The van der Waals surface area contributed by atoms with Crippen molar-refractivity contribution in [1.82, 2.24) is 5.32 Å². The van der Waals surface area contributed by atoms with E-state index in [9.17, 15) is 4.79 Å². The van der Waals surface area contributed by atoms with E-state index in [2.05, 4.69) is 21.2 Å². The smallest absolute Gasteiger partial charge is 0.223 e. The predicted octanol–water partition coefficient (Wildman–Crippen LogP) is 3.12. The maximum Gasteiger partial charge on any atom is 0.223 e. The van der Waals surface area contributed by atoms with Crippen molar-refractivity contribution in [2.24, 2.45) is 5.92 Å². The van der Waals surface area contributed by atoms with E-state index in [4.69, 9.17) is 4.74 Å². The van der Waals surface area contributed by atoms with Crippen molar-refractivity contribution in [3.05, 3.63) is 28.2 Å². The Morgan fingerprint density at radius 3 is 2.76 bits per heavy atom. The maximum atomic E-state index is 11.6. The van der Waals surface area contributed by atoms with Crippen LogP contribution in [0.25, 0.3) is 0 Å². The van der Waals surface area contributed by atoms with Crippen molar-refractivity contribution >= 4 is 21.8 Å².